The third kappa shape index (κ3) is 5.63. The first-order chi connectivity index (χ1) is 11.9. The molecule has 2 amide bonds. The highest BCUT2D eigenvalue weighted by molar-refractivity contribution is 6.42. The Kier molecular flexibility index (Phi) is 7.12. The number of nitrogens with zero attached hydrogens (tertiary/aromatic N) is 1. The molecule has 25 heavy (non-hydrogen) atoms. The summed E-state index contributed by atoms with van der Waals surface area (Å²) in [6.45, 7) is 4.88. The molecule has 4 nitrogen and oxygen atoms in total. The summed E-state index contributed by atoms with van der Waals surface area (Å²) in [6.07, 6.45) is 0. The molecule has 0 atom stereocenters. The SMILES string of the molecule is COCc1cccc(NC(=O)N(Cc2ccc(Cl)c(Cl)c2)C(C)C)c1. The van der Waals surface area contributed by atoms with Crippen LogP contribution in [0.25, 0.3) is 0 Å². The van der Waals surface area contributed by atoms with Gasteiger partial charge in [-0.2, -0.15) is 0 Å². The van der Waals surface area contributed by atoms with Gasteiger partial charge in [0.15, 0.2) is 0 Å². The molecule has 0 unspecified atom stereocenters. The van der Waals surface area contributed by atoms with Crippen molar-refractivity contribution >= 4 is 34.9 Å². The molecule has 0 spiro atoms. The van der Waals surface area contributed by atoms with Gasteiger partial charge >= 0.3 is 6.03 Å². The maximum absolute atomic E-state index is 12.7. The van der Waals surface area contributed by atoms with Crippen molar-refractivity contribution in [1.82, 2.24) is 4.90 Å². The van der Waals surface area contributed by atoms with Gasteiger partial charge in [0.05, 0.1) is 16.7 Å². The standard InChI is InChI=1S/C19H22Cl2N2O2/c1-13(2)23(11-14-7-8-17(20)18(21)10-14)19(24)22-16-6-4-5-15(9-16)12-25-3/h4-10,13H,11-12H2,1-3H3,(H,22,24). The first kappa shape index (κ1) is 19.6. The van der Waals surface area contributed by atoms with Crippen molar-refractivity contribution in [2.75, 3.05) is 12.4 Å². The van der Waals surface area contributed by atoms with Crippen molar-refractivity contribution in [3.63, 3.8) is 0 Å². The Morgan fingerprint density at radius 1 is 1.12 bits per heavy atom. The number of anilines is 1. The number of amides is 2. The molecule has 0 bridgehead atoms. The molecule has 2 aromatic carbocycles. The molecular formula is C19H22Cl2N2O2. The smallest absolute Gasteiger partial charge is 0.322 e. The van der Waals surface area contributed by atoms with Crippen LogP contribution in [0, 0.1) is 0 Å². The minimum atomic E-state index is -0.171. The summed E-state index contributed by atoms with van der Waals surface area (Å²) in [7, 11) is 1.64. The van der Waals surface area contributed by atoms with Crippen LogP contribution in [-0.2, 0) is 17.9 Å². The van der Waals surface area contributed by atoms with Crippen LogP contribution in [0.1, 0.15) is 25.0 Å². The average Bonchev–Trinajstić information content (AvgIpc) is 2.56. The van der Waals surface area contributed by atoms with Crippen LogP contribution in [0.15, 0.2) is 42.5 Å². The van der Waals surface area contributed by atoms with Crippen LogP contribution in [-0.4, -0.2) is 24.1 Å². The minimum Gasteiger partial charge on any atom is -0.380 e. The molecule has 0 heterocycles. The second kappa shape index (κ2) is 9.09. The first-order valence-electron chi connectivity index (χ1n) is 8.00. The van der Waals surface area contributed by atoms with E-state index in [4.69, 9.17) is 27.9 Å². The van der Waals surface area contributed by atoms with Gasteiger partial charge < -0.3 is 15.0 Å². The third-order valence-electron chi connectivity index (χ3n) is 3.71. The van der Waals surface area contributed by atoms with Gasteiger partial charge in [0.1, 0.15) is 0 Å². The Morgan fingerprint density at radius 2 is 1.88 bits per heavy atom. The number of methoxy groups -OCH3 is 1. The van der Waals surface area contributed by atoms with Crippen LogP contribution in [0.3, 0.4) is 0 Å². The summed E-state index contributed by atoms with van der Waals surface area (Å²) in [5, 5.41) is 3.92. The van der Waals surface area contributed by atoms with Crippen molar-refractivity contribution in [2.24, 2.45) is 0 Å². The lowest BCUT2D eigenvalue weighted by molar-refractivity contribution is 0.185. The van der Waals surface area contributed by atoms with E-state index < -0.39 is 0 Å². The van der Waals surface area contributed by atoms with Gasteiger partial charge in [0, 0.05) is 25.4 Å². The van der Waals surface area contributed by atoms with Crippen LogP contribution in [0.4, 0.5) is 10.5 Å². The van der Waals surface area contributed by atoms with Crippen LogP contribution >= 0.6 is 23.2 Å². The molecule has 2 aromatic rings. The zero-order valence-electron chi connectivity index (χ0n) is 14.6. The lowest BCUT2D eigenvalue weighted by Crippen LogP contribution is -2.39. The van der Waals surface area contributed by atoms with Gasteiger partial charge in [-0.1, -0.05) is 41.4 Å². The maximum Gasteiger partial charge on any atom is 0.322 e. The summed E-state index contributed by atoms with van der Waals surface area (Å²) in [5.41, 5.74) is 2.66. The Labute approximate surface area is 158 Å². The fourth-order valence-corrected chi connectivity index (χ4v) is 2.75. The first-order valence-corrected chi connectivity index (χ1v) is 8.75. The minimum absolute atomic E-state index is 0.0246. The largest absolute Gasteiger partial charge is 0.380 e. The molecule has 0 saturated carbocycles. The number of benzene rings is 2. The Bertz CT molecular complexity index is 735. The monoisotopic (exact) mass is 380 g/mol. The van der Waals surface area contributed by atoms with Gasteiger partial charge in [0.25, 0.3) is 0 Å². The molecule has 0 fully saturated rings. The zero-order valence-corrected chi connectivity index (χ0v) is 16.1. The fraction of sp³-hybridized carbons (Fsp3) is 0.316. The number of hydrogen-bond acceptors (Lipinski definition) is 2. The predicted octanol–water partition coefficient (Wildman–Crippen LogP) is 5.58. The number of halogens is 2. The van der Waals surface area contributed by atoms with Crippen molar-refractivity contribution in [3.05, 3.63) is 63.6 Å². The van der Waals surface area contributed by atoms with Gasteiger partial charge in [-0.05, 0) is 49.2 Å². The van der Waals surface area contributed by atoms with Crippen LogP contribution in [0.2, 0.25) is 10.0 Å². The van der Waals surface area contributed by atoms with E-state index in [1.807, 2.05) is 44.2 Å². The lowest BCUT2D eigenvalue weighted by Gasteiger charge is -2.27. The highest BCUT2D eigenvalue weighted by Gasteiger charge is 2.18. The molecule has 0 radical (unpaired) electrons. The topological polar surface area (TPSA) is 41.6 Å². The van der Waals surface area contributed by atoms with E-state index in [2.05, 4.69) is 5.32 Å². The summed E-state index contributed by atoms with van der Waals surface area (Å²) in [4.78, 5) is 14.4. The van der Waals surface area contributed by atoms with E-state index in [9.17, 15) is 4.79 Å². The molecule has 134 valence electrons. The van der Waals surface area contributed by atoms with Crippen molar-refractivity contribution in [1.29, 1.82) is 0 Å². The number of hydrogen-bond donors (Lipinski definition) is 1. The van der Waals surface area contributed by atoms with E-state index in [0.717, 1.165) is 16.8 Å². The summed E-state index contributed by atoms with van der Waals surface area (Å²) in [5.74, 6) is 0. The second-order valence-electron chi connectivity index (χ2n) is 6.03. The highest BCUT2D eigenvalue weighted by Crippen LogP contribution is 2.24. The molecule has 2 rings (SSSR count). The summed E-state index contributed by atoms with van der Waals surface area (Å²) < 4.78 is 5.13. The van der Waals surface area contributed by atoms with E-state index in [1.54, 1.807) is 24.1 Å². The Balaban J connectivity index is 2.12. The molecule has 0 aliphatic carbocycles. The van der Waals surface area contributed by atoms with E-state index >= 15 is 0 Å². The number of nitrogens with one attached hydrogen (secondary N) is 1. The quantitative estimate of drug-likeness (QED) is 0.710. The molecule has 0 aromatic heterocycles. The summed E-state index contributed by atoms with van der Waals surface area (Å²) >= 11 is 12.0. The Morgan fingerprint density at radius 3 is 2.52 bits per heavy atom. The van der Waals surface area contributed by atoms with Crippen LogP contribution in [0.5, 0.6) is 0 Å². The number of urea groups is 1. The molecule has 0 aliphatic rings. The maximum atomic E-state index is 12.7. The predicted molar refractivity (Wildman–Crippen MR) is 103 cm³/mol. The van der Waals surface area contributed by atoms with Crippen molar-refractivity contribution in [3.8, 4) is 0 Å². The fourth-order valence-electron chi connectivity index (χ4n) is 2.42. The second-order valence-corrected chi connectivity index (χ2v) is 6.85. The number of rotatable bonds is 6. The lowest BCUT2D eigenvalue weighted by atomic mass is 10.2. The highest BCUT2D eigenvalue weighted by atomic mass is 35.5. The van der Waals surface area contributed by atoms with Gasteiger partial charge in [-0.25, -0.2) is 4.79 Å². The number of carbonyl (C=O) groups excluding carboxylic acids is 1. The third-order valence-corrected chi connectivity index (χ3v) is 4.45. The van der Waals surface area contributed by atoms with Crippen LogP contribution < -0.4 is 5.32 Å². The number of carbonyl (C=O) groups is 1. The average molecular weight is 381 g/mol. The molecule has 1 N–H and O–H groups in total. The van der Waals surface area contributed by atoms with E-state index in [-0.39, 0.29) is 12.1 Å². The van der Waals surface area contributed by atoms with E-state index in [1.165, 1.54) is 0 Å². The van der Waals surface area contributed by atoms with Crippen molar-refractivity contribution < 1.29 is 9.53 Å². The molecular weight excluding hydrogens is 359 g/mol. The van der Waals surface area contributed by atoms with E-state index in [0.29, 0.717) is 23.2 Å². The van der Waals surface area contributed by atoms with Gasteiger partial charge in [-0.3, -0.25) is 0 Å². The summed E-state index contributed by atoms with van der Waals surface area (Å²) in [6, 6.07) is 12.9. The molecule has 0 saturated heterocycles. The normalized spacial score (nSPS) is 10.8. The molecule has 0 aliphatic heterocycles. The molecule has 6 heteroatoms. The van der Waals surface area contributed by atoms with Crippen molar-refractivity contribution in [2.45, 2.75) is 33.0 Å². The Hall–Kier alpha value is -1.75. The van der Waals surface area contributed by atoms with Gasteiger partial charge in [0.2, 0.25) is 0 Å². The van der Waals surface area contributed by atoms with Gasteiger partial charge in [-0.15, -0.1) is 0 Å². The number of ether oxygens (including phenoxy) is 1. The zero-order chi connectivity index (χ0) is 18.4.